The van der Waals surface area contributed by atoms with Crippen LogP contribution in [0.3, 0.4) is 0 Å². The highest BCUT2D eigenvalue weighted by Crippen LogP contribution is 2.25. The molecular formula is C13H18N4. The molecule has 1 aromatic carbocycles. The predicted octanol–water partition coefficient (Wildman–Crippen LogP) is 1.72. The molecule has 1 heterocycles. The van der Waals surface area contributed by atoms with E-state index in [4.69, 9.17) is 5.73 Å². The zero-order valence-electron chi connectivity index (χ0n) is 10.5. The highest BCUT2D eigenvalue weighted by atomic mass is 15.3. The van der Waals surface area contributed by atoms with Gasteiger partial charge in [0.2, 0.25) is 0 Å². The molecule has 2 N–H and O–H groups in total. The number of aromatic nitrogens is 2. The molecule has 1 aromatic heterocycles. The molecule has 2 aromatic rings. The van der Waals surface area contributed by atoms with Gasteiger partial charge in [-0.1, -0.05) is 24.3 Å². The second-order valence-corrected chi connectivity index (χ2v) is 4.35. The van der Waals surface area contributed by atoms with E-state index in [2.05, 4.69) is 34.2 Å². The fraction of sp³-hybridized carbons (Fsp3) is 0.385. The van der Waals surface area contributed by atoms with Crippen LogP contribution in [0.5, 0.6) is 0 Å². The van der Waals surface area contributed by atoms with Crippen molar-refractivity contribution in [3.05, 3.63) is 30.0 Å². The standard InChI is InChI=1S/C13H18N4/c1-9(8-14)17(3)13-12-7-5-4-6-11(12)10(2)15-16-13/h4-7,9H,8,14H2,1-3H3. The van der Waals surface area contributed by atoms with Gasteiger partial charge in [-0.15, -0.1) is 5.10 Å². The molecule has 0 saturated heterocycles. The summed E-state index contributed by atoms with van der Waals surface area (Å²) < 4.78 is 0. The summed E-state index contributed by atoms with van der Waals surface area (Å²) in [6.07, 6.45) is 0. The van der Waals surface area contributed by atoms with Crippen molar-refractivity contribution in [3.63, 3.8) is 0 Å². The lowest BCUT2D eigenvalue weighted by molar-refractivity contribution is 0.684. The molecule has 1 atom stereocenters. The lowest BCUT2D eigenvalue weighted by Crippen LogP contribution is -2.36. The predicted molar refractivity (Wildman–Crippen MR) is 71.2 cm³/mol. The van der Waals surface area contributed by atoms with Crippen LogP contribution >= 0.6 is 0 Å². The number of anilines is 1. The number of hydrogen-bond acceptors (Lipinski definition) is 4. The summed E-state index contributed by atoms with van der Waals surface area (Å²) in [5, 5.41) is 10.8. The van der Waals surface area contributed by atoms with Gasteiger partial charge < -0.3 is 10.6 Å². The SMILES string of the molecule is Cc1nnc(N(C)C(C)CN)c2ccccc12. The zero-order valence-corrected chi connectivity index (χ0v) is 10.5. The lowest BCUT2D eigenvalue weighted by Gasteiger charge is -2.25. The summed E-state index contributed by atoms with van der Waals surface area (Å²) in [5.41, 5.74) is 6.65. The Morgan fingerprint density at radius 3 is 2.53 bits per heavy atom. The van der Waals surface area contributed by atoms with Gasteiger partial charge in [0, 0.05) is 30.4 Å². The van der Waals surface area contributed by atoms with Crippen LogP contribution in [0.4, 0.5) is 5.82 Å². The second kappa shape index (κ2) is 4.67. The van der Waals surface area contributed by atoms with Crippen molar-refractivity contribution >= 4 is 16.6 Å². The zero-order chi connectivity index (χ0) is 12.4. The average molecular weight is 230 g/mol. The van der Waals surface area contributed by atoms with Crippen molar-refractivity contribution in [2.45, 2.75) is 19.9 Å². The lowest BCUT2D eigenvalue weighted by atomic mass is 10.1. The molecule has 1 unspecified atom stereocenters. The summed E-state index contributed by atoms with van der Waals surface area (Å²) in [5.74, 6) is 0.893. The van der Waals surface area contributed by atoms with Crippen molar-refractivity contribution < 1.29 is 0 Å². The van der Waals surface area contributed by atoms with E-state index in [0.717, 1.165) is 22.3 Å². The van der Waals surface area contributed by atoms with Crippen LogP contribution in [-0.2, 0) is 0 Å². The Kier molecular flexibility index (Phi) is 3.24. The van der Waals surface area contributed by atoms with Crippen LogP contribution in [0, 0.1) is 6.92 Å². The molecule has 4 heteroatoms. The van der Waals surface area contributed by atoms with E-state index in [1.165, 1.54) is 0 Å². The highest BCUT2D eigenvalue weighted by Gasteiger charge is 2.14. The van der Waals surface area contributed by atoms with Gasteiger partial charge in [-0.05, 0) is 13.8 Å². The van der Waals surface area contributed by atoms with E-state index >= 15 is 0 Å². The first-order chi connectivity index (χ1) is 8.15. The Balaban J connectivity index is 2.59. The maximum Gasteiger partial charge on any atom is 0.159 e. The first-order valence-electron chi connectivity index (χ1n) is 5.80. The molecule has 0 aliphatic rings. The molecule has 0 saturated carbocycles. The minimum atomic E-state index is 0.246. The Labute approximate surface area is 101 Å². The summed E-state index contributed by atoms with van der Waals surface area (Å²) >= 11 is 0. The van der Waals surface area contributed by atoms with Gasteiger partial charge in [-0.2, -0.15) is 5.10 Å². The monoisotopic (exact) mass is 230 g/mol. The Morgan fingerprint density at radius 2 is 1.88 bits per heavy atom. The van der Waals surface area contributed by atoms with E-state index in [1.54, 1.807) is 0 Å². The van der Waals surface area contributed by atoms with Crippen molar-refractivity contribution in [2.75, 3.05) is 18.5 Å². The van der Waals surface area contributed by atoms with Gasteiger partial charge in [0.25, 0.3) is 0 Å². The molecule has 0 amide bonds. The van der Waals surface area contributed by atoms with Crippen molar-refractivity contribution in [2.24, 2.45) is 5.73 Å². The number of rotatable bonds is 3. The number of likely N-dealkylation sites (N-methyl/N-ethyl adjacent to an activating group) is 1. The van der Waals surface area contributed by atoms with Gasteiger partial charge in [-0.25, -0.2) is 0 Å². The van der Waals surface area contributed by atoms with E-state index in [-0.39, 0.29) is 6.04 Å². The van der Waals surface area contributed by atoms with Gasteiger partial charge in [0.1, 0.15) is 0 Å². The van der Waals surface area contributed by atoms with Crippen molar-refractivity contribution in [1.29, 1.82) is 0 Å². The van der Waals surface area contributed by atoms with Gasteiger partial charge in [-0.3, -0.25) is 0 Å². The van der Waals surface area contributed by atoms with Gasteiger partial charge in [0.15, 0.2) is 5.82 Å². The molecule has 4 nitrogen and oxygen atoms in total. The van der Waals surface area contributed by atoms with Crippen LogP contribution in [0.25, 0.3) is 10.8 Å². The summed E-state index contributed by atoms with van der Waals surface area (Å²) in [6.45, 7) is 4.65. The molecule has 0 radical (unpaired) electrons. The van der Waals surface area contributed by atoms with Crippen molar-refractivity contribution in [1.82, 2.24) is 10.2 Å². The molecule has 0 aliphatic heterocycles. The Morgan fingerprint density at radius 1 is 1.24 bits per heavy atom. The Bertz CT molecular complexity index is 524. The third kappa shape index (κ3) is 2.08. The first-order valence-corrected chi connectivity index (χ1v) is 5.80. The Hall–Kier alpha value is -1.68. The summed E-state index contributed by atoms with van der Waals surface area (Å²) in [6, 6.07) is 8.44. The molecule has 17 heavy (non-hydrogen) atoms. The van der Waals surface area contributed by atoms with Crippen LogP contribution < -0.4 is 10.6 Å². The van der Waals surface area contributed by atoms with E-state index in [0.29, 0.717) is 6.54 Å². The quantitative estimate of drug-likeness (QED) is 0.872. The molecular weight excluding hydrogens is 212 g/mol. The van der Waals surface area contributed by atoms with E-state index in [9.17, 15) is 0 Å². The molecule has 90 valence electrons. The molecule has 2 rings (SSSR count). The number of aryl methyl sites for hydroxylation is 1. The average Bonchev–Trinajstić information content (AvgIpc) is 2.38. The smallest absolute Gasteiger partial charge is 0.159 e. The highest BCUT2D eigenvalue weighted by molar-refractivity contribution is 5.93. The molecule has 0 aliphatic carbocycles. The normalized spacial score (nSPS) is 12.7. The topological polar surface area (TPSA) is 55.0 Å². The summed E-state index contributed by atoms with van der Waals surface area (Å²) in [7, 11) is 2.00. The number of nitrogens with zero attached hydrogens (tertiary/aromatic N) is 3. The minimum absolute atomic E-state index is 0.246. The maximum atomic E-state index is 5.69. The van der Waals surface area contributed by atoms with Crippen LogP contribution in [-0.4, -0.2) is 29.8 Å². The number of benzene rings is 1. The van der Waals surface area contributed by atoms with Gasteiger partial charge in [0.05, 0.1) is 5.69 Å². The molecule has 0 bridgehead atoms. The fourth-order valence-electron chi connectivity index (χ4n) is 1.85. The second-order valence-electron chi connectivity index (χ2n) is 4.35. The molecule has 0 spiro atoms. The number of hydrogen-bond donors (Lipinski definition) is 1. The van der Waals surface area contributed by atoms with Crippen molar-refractivity contribution in [3.8, 4) is 0 Å². The van der Waals surface area contributed by atoms with Gasteiger partial charge >= 0.3 is 0 Å². The van der Waals surface area contributed by atoms with Crippen LogP contribution in [0.1, 0.15) is 12.6 Å². The molecule has 0 fully saturated rings. The third-order valence-corrected chi connectivity index (χ3v) is 3.19. The largest absolute Gasteiger partial charge is 0.354 e. The summed E-state index contributed by atoms with van der Waals surface area (Å²) in [4.78, 5) is 2.08. The van der Waals surface area contributed by atoms with Crippen LogP contribution in [0.15, 0.2) is 24.3 Å². The number of nitrogens with two attached hydrogens (primary N) is 1. The first kappa shape index (κ1) is 11.8. The third-order valence-electron chi connectivity index (χ3n) is 3.19. The van der Waals surface area contributed by atoms with E-state index < -0.39 is 0 Å². The maximum absolute atomic E-state index is 5.69. The van der Waals surface area contributed by atoms with E-state index in [1.807, 2.05) is 26.1 Å². The number of fused-ring (bicyclic) bond motifs is 1. The minimum Gasteiger partial charge on any atom is -0.354 e. The van der Waals surface area contributed by atoms with Crippen LogP contribution in [0.2, 0.25) is 0 Å². The fourth-order valence-corrected chi connectivity index (χ4v) is 1.85.